The molecule has 31 heavy (non-hydrogen) atoms. The van der Waals surface area contributed by atoms with Crippen LogP contribution in [0.4, 0.5) is 5.69 Å². The molecule has 0 bridgehead atoms. The Hall–Kier alpha value is -2.33. The smallest absolute Gasteiger partial charge is 0.227 e. The number of amides is 1. The molecular weight excluding hydrogens is 384 g/mol. The zero-order valence-electron chi connectivity index (χ0n) is 19.7. The van der Waals surface area contributed by atoms with E-state index in [-0.39, 0.29) is 16.7 Å². The van der Waals surface area contributed by atoms with Crippen LogP contribution in [0.5, 0.6) is 5.75 Å². The number of hydrogen-bond acceptors (Lipinski definition) is 3. The summed E-state index contributed by atoms with van der Waals surface area (Å²) in [7, 11) is 1.72. The molecular formula is C27H36N2O2. The molecule has 4 rings (SSSR count). The van der Waals surface area contributed by atoms with Gasteiger partial charge in [-0.2, -0.15) is 0 Å². The minimum absolute atomic E-state index is 0.0172. The molecule has 0 saturated carbocycles. The van der Waals surface area contributed by atoms with Gasteiger partial charge >= 0.3 is 0 Å². The predicted octanol–water partition coefficient (Wildman–Crippen LogP) is 5.32. The fourth-order valence-corrected chi connectivity index (χ4v) is 5.18. The Labute approximate surface area is 187 Å². The second-order valence-corrected chi connectivity index (χ2v) is 10.6. The molecule has 4 heteroatoms. The van der Waals surface area contributed by atoms with Crippen molar-refractivity contribution in [2.45, 2.75) is 58.9 Å². The maximum Gasteiger partial charge on any atom is 0.227 e. The Morgan fingerprint density at radius 2 is 1.84 bits per heavy atom. The van der Waals surface area contributed by atoms with Crippen LogP contribution in [0.1, 0.15) is 56.7 Å². The van der Waals surface area contributed by atoms with Crippen LogP contribution in [0.25, 0.3) is 0 Å². The second-order valence-electron chi connectivity index (χ2n) is 10.6. The number of piperidine rings is 1. The van der Waals surface area contributed by atoms with E-state index in [1.165, 1.54) is 16.7 Å². The van der Waals surface area contributed by atoms with Gasteiger partial charge in [-0.05, 0) is 67.6 Å². The average Bonchev–Trinajstić information content (AvgIpc) is 3.02. The Bertz CT molecular complexity index is 952. The number of hydrogen-bond donors (Lipinski definition) is 0. The molecule has 166 valence electrons. The third-order valence-electron chi connectivity index (χ3n) is 6.81. The minimum atomic E-state index is -0.0172. The van der Waals surface area contributed by atoms with E-state index in [1.54, 1.807) is 7.11 Å². The summed E-state index contributed by atoms with van der Waals surface area (Å²) in [5.41, 5.74) is 5.09. The van der Waals surface area contributed by atoms with Crippen LogP contribution in [-0.2, 0) is 16.8 Å². The molecule has 2 heterocycles. The van der Waals surface area contributed by atoms with E-state index in [0.717, 1.165) is 50.5 Å². The van der Waals surface area contributed by atoms with Crippen LogP contribution in [0, 0.1) is 12.3 Å². The van der Waals surface area contributed by atoms with Crippen molar-refractivity contribution in [1.82, 2.24) is 4.90 Å². The van der Waals surface area contributed by atoms with E-state index in [1.807, 2.05) is 6.07 Å². The lowest BCUT2D eigenvalue weighted by atomic mass is 9.74. The Morgan fingerprint density at radius 1 is 1.10 bits per heavy atom. The standard InChI is InChI=1S/C27H36N2O2/c1-20-7-6-8-21(15-20)18-28-13-11-27(12-14-28)19-29(25(30)17-26(2,3)4)24-10-9-22(31-5)16-23(24)27/h6-10,15-16H,11-14,17-19H2,1-5H3. The van der Waals surface area contributed by atoms with E-state index in [0.29, 0.717) is 6.42 Å². The van der Waals surface area contributed by atoms with E-state index in [2.05, 4.69) is 73.9 Å². The Morgan fingerprint density at radius 3 is 2.48 bits per heavy atom. The fourth-order valence-electron chi connectivity index (χ4n) is 5.18. The highest BCUT2D eigenvalue weighted by molar-refractivity contribution is 5.96. The van der Waals surface area contributed by atoms with Crippen LogP contribution in [0.15, 0.2) is 42.5 Å². The van der Waals surface area contributed by atoms with E-state index in [9.17, 15) is 4.79 Å². The highest BCUT2D eigenvalue weighted by atomic mass is 16.5. The van der Waals surface area contributed by atoms with Gasteiger partial charge in [0.25, 0.3) is 0 Å². The largest absolute Gasteiger partial charge is 0.497 e. The van der Waals surface area contributed by atoms with Gasteiger partial charge in [-0.25, -0.2) is 0 Å². The summed E-state index contributed by atoms with van der Waals surface area (Å²) in [6, 6.07) is 15.1. The van der Waals surface area contributed by atoms with E-state index < -0.39 is 0 Å². The van der Waals surface area contributed by atoms with Crippen LogP contribution in [0.3, 0.4) is 0 Å². The number of benzene rings is 2. The van der Waals surface area contributed by atoms with Crippen LogP contribution < -0.4 is 9.64 Å². The fraction of sp³-hybridized carbons (Fsp3) is 0.519. The predicted molar refractivity (Wildman–Crippen MR) is 127 cm³/mol. The quantitative estimate of drug-likeness (QED) is 0.671. The first kappa shape index (κ1) is 21.9. The summed E-state index contributed by atoms with van der Waals surface area (Å²) in [5, 5.41) is 0. The van der Waals surface area contributed by atoms with Crippen LogP contribution in [-0.4, -0.2) is 37.6 Å². The maximum atomic E-state index is 13.2. The van der Waals surface area contributed by atoms with Crippen molar-refractivity contribution >= 4 is 11.6 Å². The molecule has 0 unspecified atom stereocenters. The zero-order valence-corrected chi connectivity index (χ0v) is 19.7. The number of rotatable bonds is 4. The summed E-state index contributed by atoms with van der Waals surface area (Å²) in [4.78, 5) is 17.8. The lowest BCUT2D eigenvalue weighted by Crippen LogP contribution is -2.46. The Kier molecular flexibility index (Phi) is 5.87. The molecule has 2 aliphatic rings. The van der Waals surface area contributed by atoms with E-state index in [4.69, 9.17) is 4.74 Å². The molecule has 1 fully saturated rings. The topological polar surface area (TPSA) is 32.8 Å². The normalized spacial score (nSPS) is 18.3. The molecule has 0 N–H and O–H groups in total. The first-order chi connectivity index (χ1) is 14.7. The summed E-state index contributed by atoms with van der Waals surface area (Å²) >= 11 is 0. The lowest BCUT2D eigenvalue weighted by molar-refractivity contribution is -0.120. The van der Waals surface area contributed by atoms with Crippen molar-refractivity contribution in [2.75, 3.05) is 31.6 Å². The number of fused-ring (bicyclic) bond motifs is 2. The van der Waals surface area contributed by atoms with Gasteiger partial charge in [0.05, 0.1) is 7.11 Å². The molecule has 0 aromatic heterocycles. The van der Waals surface area contributed by atoms with Gasteiger partial charge in [-0.3, -0.25) is 9.69 Å². The lowest BCUT2D eigenvalue weighted by Gasteiger charge is -2.40. The zero-order chi connectivity index (χ0) is 22.2. The third-order valence-corrected chi connectivity index (χ3v) is 6.81. The number of nitrogens with zero attached hydrogens (tertiary/aromatic N) is 2. The monoisotopic (exact) mass is 420 g/mol. The summed E-state index contributed by atoms with van der Waals surface area (Å²) in [6.45, 7) is 12.4. The molecule has 0 atom stereocenters. The molecule has 1 saturated heterocycles. The molecule has 0 aliphatic carbocycles. The van der Waals surface area contributed by atoms with Crippen molar-refractivity contribution in [1.29, 1.82) is 0 Å². The number of carbonyl (C=O) groups is 1. The number of methoxy groups -OCH3 is 1. The first-order valence-corrected chi connectivity index (χ1v) is 11.5. The summed E-state index contributed by atoms with van der Waals surface area (Å²) in [5.74, 6) is 1.11. The molecule has 2 aliphatic heterocycles. The van der Waals surface area contributed by atoms with Gasteiger partial charge in [0.1, 0.15) is 5.75 Å². The number of carbonyl (C=O) groups excluding carboxylic acids is 1. The SMILES string of the molecule is COc1ccc2c(c1)C1(CCN(Cc3cccc(C)c3)CC1)CN2C(=O)CC(C)(C)C. The van der Waals surface area contributed by atoms with Gasteiger partial charge in [-0.15, -0.1) is 0 Å². The van der Waals surface area contributed by atoms with Gasteiger partial charge in [0.15, 0.2) is 0 Å². The number of likely N-dealkylation sites (tertiary alicyclic amines) is 1. The summed E-state index contributed by atoms with van der Waals surface area (Å²) < 4.78 is 5.55. The highest BCUT2D eigenvalue weighted by Gasteiger charge is 2.46. The first-order valence-electron chi connectivity index (χ1n) is 11.5. The summed E-state index contributed by atoms with van der Waals surface area (Å²) in [6.07, 6.45) is 2.70. The molecule has 1 amide bonds. The molecule has 0 radical (unpaired) electrons. The molecule has 2 aromatic rings. The third kappa shape index (κ3) is 4.64. The van der Waals surface area contributed by atoms with Crippen molar-refractivity contribution in [3.05, 3.63) is 59.2 Å². The minimum Gasteiger partial charge on any atom is -0.497 e. The van der Waals surface area contributed by atoms with Crippen molar-refractivity contribution in [3.8, 4) is 5.75 Å². The molecule has 2 aromatic carbocycles. The molecule has 4 nitrogen and oxygen atoms in total. The van der Waals surface area contributed by atoms with Gasteiger partial charge in [0.2, 0.25) is 5.91 Å². The van der Waals surface area contributed by atoms with Gasteiger partial charge < -0.3 is 9.64 Å². The second kappa shape index (κ2) is 8.31. The molecule has 1 spiro atoms. The maximum absolute atomic E-state index is 13.2. The van der Waals surface area contributed by atoms with Crippen molar-refractivity contribution < 1.29 is 9.53 Å². The van der Waals surface area contributed by atoms with E-state index >= 15 is 0 Å². The van der Waals surface area contributed by atoms with Crippen LogP contribution >= 0.6 is 0 Å². The highest BCUT2D eigenvalue weighted by Crippen LogP contribution is 2.49. The Balaban J connectivity index is 1.55. The van der Waals surface area contributed by atoms with Gasteiger partial charge in [0, 0.05) is 30.6 Å². The van der Waals surface area contributed by atoms with Crippen molar-refractivity contribution in [3.63, 3.8) is 0 Å². The van der Waals surface area contributed by atoms with Crippen molar-refractivity contribution in [2.24, 2.45) is 5.41 Å². The number of aryl methyl sites for hydroxylation is 1. The van der Waals surface area contributed by atoms with Crippen LogP contribution in [0.2, 0.25) is 0 Å². The number of anilines is 1. The average molecular weight is 421 g/mol. The number of ether oxygens (including phenoxy) is 1. The van der Waals surface area contributed by atoms with Gasteiger partial charge in [-0.1, -0.05) is 50.6 Å².